The van der Waals surface area contributed by atoms with Crippen molar-refractivity contribution in [2.75, 3.05) is 13.7 Å². The molecule has 0 aliphatic rings. The van der Waals surface area contributed by atoms with Gasteiger partial charge in [-0.25, -0.2) is 0 Å². The summed E-state index contributed by atoms with van der Waals surface area (Å²) in [5.74, 6) is 0.914. The van der Waals surface area contributed by atoms with Crippen LogP contribution in [-0.2, 0) is 6.54 Å². The Bertz CT molecular complexity index is 522. The highest BCUT2D eigenvalue weighted by Crippen LogP contribution is 2.25. The Morgan fingerprint density at radius 1 is 1.37 bits per heavy atom. The SMILES string of the molecule is CCNC(Cn1cc(C)cn1)c1ccccc1OC. The summed E-state index contributed by atoms with van der Waals surface area (Å²) < 4.78 is 7.41. The van der Waals surface area contributed by atoms with E-state index in [1.165, 1.54) is 11.1 Å². The molecule has 2 aromatic rings. The number of likely N-dealkylation sites (N-methyl/N-ethyl adjacent to an activating group) is 1. The maximum atomic E-state index is 5.45. The summed E-state index contributed by atoms with van der Waals surface area (Å²) in [7, 11) is 1.71. The summed E-state index contributed by atoms with van der Waals surface area (Å²) in [5, 5.41) is 7.85. The largest absolute Gasteiger partial charge is 0.496 e. The third kappa shape index (κ3) is 3.35. The first-order valence-corrected chi connectivity index (χ1v) is 6.60. The number of methoxy groups -OCH3 is 1. The van der Waals surface area contributed by atoms with E-state index < -0.39 is 0 Å². The maximum Gasteiger partial charge on any atom is 0.123 e. The minimum absolute atomic E-state index is 0.195. The van der Waals surface area contributed by atoms with Gasteiger partial charge in [-0.1, -0.05) is 25.1 Å². The van der Waals surface area contributed by atoms with Gasteiger partial charge in [0.25, 0.3) is 0 Å². The highest BCUT2D eigenvalue weighted by Gasteiger charge is 2.15. The molecule has 4 nitrogen and oxygen atoms in total. The first-order valence-electron chi connectivity index (χ1n) is 6.60. The molecule has 102 valence electrons. The molecule has 1 unspecified atom stereocenters. The van der Waals surface area contributed by atoms with E-state index in [9.17, 15) is 0 Å². The number of ether oxygens (including phenoxy) is 1. The minimum atomic E-state index is 0.195. The number of hydrogen-bond donors (Lipinski definition) is 1. The maximum absolute atomic E-state index is 5.45. The highest BCUT2D eigenvalue weighted by molar-refractivity contribution is 5.35. The molecule has 0 amide bonds. The predicted molar refractivity (Wildman–Crippen MR) is 76.4 cm³/mol. The third-order valence-corrected chi connectivity index (χ3v) is 3.10. The summed E-state index contributed by atoms with van der Waals surface area (Å²) in [6, 6.07) is 8.32. The fraction of sp³-hybridized carbons (Fsp3) is 0.400. The standard InChI is InChI=1S/C15H21N3O/c1-4-16-14(11-18-10-12(2)9-17-18)13-7-5-6-8-15(13)19-3/h5-10,14,16H,4,11H2,1-3H3. The lowest BCUT2D eigenvalue weighted by atomic mass is 10.1. The van der Waals surface area contributed by atoms with Gasteiger partial charge in [0.15, 0.2) is 0 Å². The Morgan fingerprint density at radius 2 is 2.16 bits per heavy atom. The first-order chi connectivity index (χ1) is 9.24. The lowest BCUT2D eigenvalue weighted by Gasteiger charge is -2.20. The third-order valence-electron chi connectivity index (χ3n) is 3.10. The van der Waals surface area contributed by atoms with E-state index in [1.807, 2.05) is 29.1 Å². The Morgan fingerprint density at radius 3 is 2.79 bits per heavy atom. The predicted octanol–water partition coefficient (Wildman–Crippen LogP) is 2.55. The van der Waals surface area contributed by atoms with Gasteiger partial charge in [-0.3, -0.25) is 4.68 Å². The van der Waals surface area contributed by atoms with Crippen molar-refractivity contribution in [3.8, 4) is 5.75 Å². The monoisotopic (exact) mass is 259 g/mol. The lowest BCUT2D eigenvalue weighted by Crippen LogP contribution is -2.26. The number of benzene rings is 1. The molecule has 1 aromatic carbocycles. The van der Waals surface area contributed by atoms with E-state index in [2.05, 4.69) is 36.5 Å². The van der Waals surface area contributed by atoms with E-state index in [1.54, 1.807) is 7.11 Å². The van der Waals surface area contributed by atoms with E-state index in [0.717, 1.165) is 18.8 Å². The average Bonchev–Trinajstić information content (AvgIpc) is 2.84. The zero-order chi connectivity index (χ0) is 13.7. The molecule has 4 heteroatoms. The van der Waals surface area contributed by atoms with E-state index >= 15 is 0 Å². The molecular weight excluding hydrogens is 238 g/mol. The second kappa shape index (κ2) is 6.38. The van der Waals surface area contributed by atoms with Crippen molar-refractivity contribution in [3.63, 3.8) is 0 Å². The van der Waals surface area contributed by atoms with Gasteiger partial charge < -0.3 is 10.1 Å². The van der Waals surface area contributed by atoms with Gasteiger partial charge in [0, 0.05) is 11.8 Å². The molecule has 1 heterocycles. The Labute approximate surface area is 114 Å². The van der Waals surface area contributed by atoms with Gasteiger partial charge in [0.2, 0.25) is 0 Å². The highest BCUT2D eigenvalue weighted by atomic mass is 16.5. The van der Waals surface area contributed by atoms with Gasteiger partial charge in [0.05, 0.1) is 25.9 Å². The molecule has 0 aliphatic carbocycles. The molecule has 0 aliphatic heterocycles. The van der Waals surface area contributed by atoms with Gasteiger partial charge in [-0.15, -0.1) is 0 Å². The normalized spacial score (nSPS) is 12.4. The van der Waals surface area contributed by atoms with Crippen LogP contribution in [0.15, 0.2) is 36.7 Å². The van der Waals surface area contributed by atoms with Gasteiger partial charge >= 0.3 is 0 Å². The molecule has 1 N–H and O–H groups in total. The second-order valence-corrected chi connectivity index (χ2v) is 4.59. The summed E-state index contributed by atoms with van der Waals surface area (Å²) in [6.45, 7) is 5.86. The van der Waals surface area contributed by atoms with E-state index in [4.69, 9.17) is 4.74 Å². The second-order valence-electron chi connectivity index (χ2n) is 4.59. The Kier molecular flexibility index (Phi) is 4.58. The molecule has 0 saturated heterocycles. The van der Waals surface area contributed by atoms with Crippen molar-refractivity contribution in [3.05, 3.63) is 47.8 Å². The molecule has 1 atom stereocenters. The summed E-state index contributed by atoms with van der Waals surface area (Å²) in [5.41, 5.74) is 2.34. The van der Waals surface area contributed by atoms with Crippen molar-refractivity contribution >= 4 is 0 Å². The van der Waals surface area contributed by atoms with Crippen LogP contribution in [0.25, 0.3) is 0 Å². The molecule has 0 radical (unpaired) electrons. The number of nitrogens with one attached hydrogen (secondary N) is 1. The molecule has 1 aromatic heterocycles. The van der Waals surface area contributed by atoms with Crippen LogP contribution in [0.2, 0.25) is 0 Å². The zero-order valence-electron chi connectivity index (χ0n) is 11.8. The van der Waals surface area contributed by atoms with Crippen LogP contribution in [0.4, 0.5) is 0 Å². The average molecular weight is 259 g/mol. The summed E-state index contributed by atoms with van der Waals surface area (Å²) in [4.78, 5) is 0. The molecule has 0 saturated carbocycles. The van der Waals surface area contributed by atoms with Gasteiger partial charge in [0.1, 0.15) is 5.75 Å². The fourth-order valence-corrected chi connectivity index (χ4v) is 2.23. The molecule has 0 fully saturated rings. The Balaban J connectivity index is 2.23. The van der Waals surface area contributed by atoms with Crippen molar-refractivity contribution in [2.45, 2.75) is 26.4 Å². The quantitative estimate of drug-likeness (QED) is 0.866. The van der Waals surface area contributed by atoms with Crippen LogP contribution in [-0.4, -0.2) is 23.4 Å². The minimum Gasteiger partial charge on any atom is -0.496 e. The fourth-order valence-electron chi connectivity index (χ4n) is 2.23. The first kappa shape index (κ1) is 13.6. The lowest BCUT2D eigenvalue weighted by molar-refractivity contribution is 0.386. The van der Waals surface area contributed by atoms with Gasteiger partial charge in [-0.05, 0) is 25.1 Å². The van der Waals surface area contributed by atoms with Crippen molar-refractivity contribution in [2.24, 2.45) is 0 Å². The molecule has 0 spiro atoms. The molecular formula is C15H21N3O. The van der Waals surface area contributed by atoms with Crippen LogP contribution in [0, 0.1) is 6.92 Å². The molecule has 19 heavy (non-hydrogen) atoms. The van der Waals surface area contributed by atoms with Crippen LogP contribution >= 0.6 is 0 Å². The number of aromatic nitrogens is 2. The van der Waals surface area contributed by atoms with Crippen molar-refractivity contribution < 1.29 is 4.74 Å². The number of para-hydroxylation sites is 1. The number of hydrogen-bond acceptors (Lipinski definition) is 3. The zero-order valence-corrected chi connectivity index (χ0v) is 11.8. The molecule has 2 rings (SSSR count). The van der Waals surface area contributed by atoms with E-state index in [0.29, 0.717) is 0 Å². The van der Waals surface area contributed by atoms with E-state index in [-0.39, 0.29) is 6.04 Å². The van der Waals surface area contributed by atoms with Crippen LogP contribution in [0.1, 0.15) is 24.1 Å². The number of nitrogens with zero attached hydrogens (tertiary/aromatic N) is 2. The number of aryl methyl sites for hydroxylation is 1. The Hall–Kier alpha value is -1.81. The number of rotatable bonds is 6. The van der Waals surface area contributed by atoms with Gasteiger partial charge in [-0.2, -0.15) is 5.10 Å². The summed E-state index contributed by atoms with van der Waals surface area (Å²) in [6.07, 6.45) is 3.94. The van der Waals surface area contributed by atoms with Crippen LogP contribution < -0.4 is 10.1 Å². The molecule has 0 bridgehead atoms. The summed E-state index contributed by atoms with van der Waals surface area (Å²) >= 11 is 0. The van der Waals surface area contributed by atoms with Crippen molar-refractivity contribution in [1.82, 2.24) is 15.1 Å². The van der Waals surface area contributed by atoms with Crippen LogP contribution in [0.5, 0.6) is 5.75 Å². The van der Waals surface area contributed by atoms with Crippen LogP contribution in [0.3, 0.4) is 0 Å². The van der Waals surface area contributed by atoms with Crippen molar-refractivity contribution in [1.29, 1.82) is 0 Å². The smallest absolute Gasteiger partial charge is 0.123 e. The topological polar surface area (TPSA) is 39.1 Å².